The Morgan fingerprint density at radius 3 is 2.74 bits per heavy atom. The molecule has 0 aromatic rings. The van der Waals surface area contributed by atoms with Crippen molar-refractivity contribution in [2.45, 2.75) is 64.0 Å². The SMILES string of the molecule is CC(C)C1CCCCC1(NCC1CCCO1)C(N)=O. The Morgan fingerprint density at radius 2 is 2.16 bits per heavy atom. The summed E-state index contributed by atoms with van der Waals surface area (Å²) in [6, 6.07) is 0. The summed E-state index contributed by atoms with van der Waals surface area (Å²) >= 11 is 0. The molecule has 2 rings (SSSR count). The molecule has 3 atom stereocenters. The molecule has 4 heteroatoms. The van der Waals surface area contributed by atoms with E-state index in [0.717, 1.165) is 45.3 Å². The number of nitrogens with one attached hydrogen (secondary N) is 1. The van der Waals surface area contributed by atoms with Gasteiger partial charge in [-0.25, -0.2) is 0 Å². The normalized spacial score (nSPS) is 35.7. The van der Waals surface area contributed by atoms with Crippen molar-refractivity contribution in [2.24, 2.45) is 17.6 Å². The fourth-order valence-corrected chi connectivity index (χ4v) is 3.82. The number of rotatable bonds is 5. The van der Waals surface area contributed by atoms with Crippen LogP contribution < -0.4 is 11.1 Å². The van der Waals surface area contributed by atoms with Gasteiger partial charge in [0, 0.05) is 13.2 Å². The summed E-state index contributed by atoms with van der Waals surface area (Å²) in [6.07, 6.45) is 6.74. The Hall–Kier alpha value is -0.610. The van der Waals surface area contributed by atoms with Crippen LogP contribution in [0.15, 0.2) is 0 Å². The first kappa shape index (κ1) is 14.8. The molecular formula is C15H28N2O2. The molecule has 1 saturated carbocycles. The predicted octanol–water partition coefficient (Wildman–Crippen LogP) is 1.83. The second-order valence-corrected chi connectivity index (χ2v) is 6.45. The second-order valence-electron chi connectivity index (χ2n) is 6.45. The second kappa shape index (κ2) is 6.23. The van der Waals surface area contributed by atoms with Crippen molar-refractivity contribution in [3.05, 3.63) is 0 Å². The summed E-state index contributed by atoms with van der Waals surface area (Å²) in [6.45, 7) is 6.00. The number of nitrogens with two attached hydrogens (primary N) is 1. The van der Waals surface area contributed by atoms with Crippen molar-refractivity contribution < 1.29 is 9.53 Å². The van der Waals surface area contributed by atoms with Crippen LogP contribution in [0.1, 0.15) is 52.4 Å². The van der Waals surface area contributed by atoms with Crippen molar-refractivity contribution in [3.8, 4) is 0 Å². The van der Waals surface area contributed by atoms with Crippen molar-refractivity contribution in [1.82, 2.24) is 5.32 Å². The molecule has 0 radical (unpaired) electrons. The van der Waals surface area contributed by atoms with Gasteiger partial charge in [-0.15, -0.1) is 0 Å². The summed E-state index contributed by atoms with van der Waals surface area (Å²) in [7, 11) is 0. The summed E-state index contributed by atoms with van der Waals surface area (Å²) in [5.41, 5.74) is 5.26. The number of primary amides is 1. The first-order chi connectivity index (χ1) is 9.06. The van der Waals surface area contributed by atoms with E-state index >= 15 is 0 Å². The van der Waals surface area contributed by atoms with Crippen LogP contribution in [-0.2, 0) is 9.53 Å². The topological polar surface area (TPSA) is 64.3 Å². The highest BCUT2D eigenvalue weighted by Gasteiger charge is 2.46. The predicted molar refractivity (Wildman–Crippen MR) is 75.7 cm³/mol. The molecule has 4 nitrogen and oxygen atoms in total. The highest BCUT2D eigenvalue weighted by atomic mass is 16.5. The number of hydrogen-bond donors (Lipinski definition) is 2. The van der Waals surface area contributed by atoms with Gasteiger partial charge in [-0.3, -0.25) is 4.79 Å². The van der Waals surface area contributed by atoms with Gasteiger partial charge < -0.3 is 15.8 Å². The van der Waals surface area contributed by atoms with E-state index in [9.17, 15) is 4.79 Å². The molecule has 1 aliphatic carbocycles. The van der Waals surface area contributed by atoms with Crippen LogP contribution in [-0.4, -0.2) is 30.7 Å². The van der Waals surface area contributed by atoms with Gasteiger partial charge in [0.15, 0.2) is 0 Å². The van der Waals surface area contributed by atoms with Crippen LogP contribution in [0.25, 0.3) is 0 Å². The number of hydrogen-bond acceptors (Lipinski definition) is 3. The van der Waals surface area contributed by atoms with E-state index in [2.05, 4.69) is 19.2 Å². The quantitative estimate of drug-likeness (QED) is 0.799. The molecule has 110 valence electrons. The van der Waals surface area contributed by atoms with Gasteiger partial charge >= 0.3 is 0 Å². The van der Waals surface area contributed by atoms with E-state index in [1.165, 1.54) is 6.42 Å². The highest BCUT2D eigenvalue weighted by molar-refractivity contribution is 5.85. The molecule has 2 aliphatic rings. The number of carbonyl (C=O) groups excluding carboxylic acids is 1. The molecule has 19 heavy (non-hydrogen) atoms. The van der Waals surface area contributed by atoms with E-state index in [-0.39, 0.29) is 12.0 Å². The first-order valence-corrected chi connectivity index (χ1v) is 7.73. The smallest absolute Gasteiger partial charge is 0.238 e. The molecule has 3 N–H and O–H groups in total. The zero-order chi connectivity index (χ0) is 13.9. The maximum atomic E-state index is 12.1. The monoisotopic (exact) mass is 268 g/mol. The number of amides is 1. The lowest BCUT2D eigenvalue weighted by Gasteiger charge is -2.45. The van der Waals surface area contributed by atoms with Crippen LogP contribution >= 0.6 is 0 Å². The van der Waals surface area contributed by atoms with Crippen molar-refractivity contribution in [2.75, 3.05) is 13.2 Å². The van der Waals surface area contributed by atoms with Crippen LogP contribution in [0, 0.1) is 11.8 Å². The highest BCUT2D eigenvalue weighted by Crippen LogP contribution is 2.38. The van der Waals surface area contributed by atoms with Crippen molar-refractivity contribution in [3.63, 3.8) is 0 Å². The molecule has 0 spiro atoms. The lowest BCUT2D eigenvalue weighted by molar-refractivity contribution is -0.129. The molecule has 1 amide bonds. The standard InChI is InChI=1S/C15H28N2O2/c1-11(2)13-7-3-4-8-15(13,14(16)18)17-10-12-6-5-9-19-12/h11-13,17H,3-10H2,1-2H3,(H2,16,18). The largest absolute Gasteiger partial charge is 0.377 e. The maximum absolute atomic E-state index is 12.1. The Kier molecular flexibility index (Phi) is 4.85. The lowest BCUT2D eigenvalue weighted by Crippen LogP contribution is -2.63. The van der Waals surface area contributed by atoms with E-state index in [4.69, 9.17) is 10.5 Å². The van der Waals surface area contributed by atoms with Crippen LogP contribution in [0.5, 0.6) is 0 Å². The summed E-state index contributed by atoms with van der Waals surface area (Å²) < 4.78 is 5.65. The van der Waals surface area contributed by atoms with Crippen LogP contribution in [0.2, 0.25) is 0 Å². The van der Waals surface area contributed by atoms with E-state index in [0.29, 0.717) is 11.8 Å². The van der Waals surface area contributed by atoms with Gasteiger partial charge in [0.05, 0.1) is 6.10 Å². The lowest BCUT2D eigenvalue weighted by atomic mass is 9.67. The Balaban J connectivity index is 2.07. The maximum Gasteiger partial charge on any atom is 0.238 e. The third-order valence-corrected chi connectivity index (χ3v) is 4.88. The van der Waals surface area contributed by atoms with Gasteiger partial charge in [-0.05, 0) is 37.5 Å². The molecule has 0 aromatic carbocycles. The van der Waals surface area contributed by atoms with E-state index in [1.54, 1.807) is 0 Å². The van der Waals surface area contributed by atoms with E-state index < -0.39 is 5.54 Å². The van der Waals surface area contributed by atoms with Crippen molar-refractivity contribution >= 4 is 5.91 Å². The van der Waals surface area contributed by atoms with Gasteiger partial charge in [0.25, 0.3) is 0 Å². The van der Waals surface area contributed by atoms with Crippen LogP contribution in [0.4, 0.5) is 0 Å². The molecule has 1 saturated heterocycles. The first-order valence-electron chi connectivity index (χ1n) is 7.73. The minimum Gasteiger partial charge on any atom is -0.377 e. The number of carbonyl (C=O) groups is 1. The summed E-state index contributed by atoms with van der Waals surface area (Å²) in [5, 5.41) is 3.51. The average Bonchev–Trinajstić information content (AvgIpc) is 2.89. The molecule has 3 unspecified atom stereocenters. The van der Waals surface area contributed by atoms with E-state index in [1.807, 2.05) is 0 Å². The molecule has 1 aliphatic heterocycles. The zero-order valence-corrected chi connectivity index (χ0v) is 12.3. The fourth-order valence-electron chi connectivity index (χ4n) is 3.82. The Morgan fingerprint density at radius 1 is 1.37 bits per heavy atom. The van der Waals surface area contributed by atoms with Gasteiger partial charge in [-0.2, -0.15) is 0 Å². The summed E-state index contributed by atoms with van der Waals surface area (Å²) in [5.74, 6) is 0.647. The Labute approximate surface area is 116 Å². The molecular weight excluding hydrogens is 240 g/mol. The fraction of sp³-hybridized carbons (Fsp3) is 0.933. The summed E-state index contributed by atoms with van der Waals surface area (Å²) in [4.78, 5) is 12.1. The number of ether oxygens (including phenoxy) is 1. The van der Waals surface area contributed by atoms with Gasteiger partial charge in [0.1, 0.15) is 5.54 Å². The van der Waals surface area contributed by atoms with Gasteiger partial charge in [-0.1, -0.05) is 26.7 Å². The molecule has 0 bridgehead atoms. The average molecular weight is 268 g/mol. The third-order valence-electron chi connectivity index (χ3n) is 4.88. The van der Waals surface area contributed by atoms with Crippen LogP contribution in [0.3, 0.4) is 0 Å². The van der Waals surface area contributed by atoms with Crippen molar-refractivity contribution in [1.29, 1.82) is 0 Å². The minimum absolute atomic E-state index is 0.177. The minimum atomic E-state index is -0.516. The van der Waals surface area contributed by atoms with Gasteiger partial charge in [0.2, 0.25) is 5.91 Å². The Bertz CT molecular complexity index is 313. The molecule has 2 fully saturated rings. The molecule has 1 heterocycles. The molecule has 0 aromatic heterocycles. The zero-order valence-electron chi connectivity index (χ0n) is 12.3. The third kappa shape index (κ3) is 3.11.